The third kappa shape index (κ3) is 5.59. The maximum atomic E-state index is 9.41. The van der Waals surface area contributed by atoms with Crippen LogP contribution in [-0.2, 0) is 6.54 Å². The first-order chi connectivity index (χ1) is 15.6. The largest absolute Gasteiger partial charge is 0.495 e. The zero-order chi connectivity index (χ0) is 22.5. The third-order valence-corrected chi connectivity index (χ3v) is 6.31. The Bertz CT molecular complexity index is 1140. The molecular formula is C24H27Cl2N5O2. The lowest BCUT2D eigenvalue weighted by molar-refractivity contribution is 0.240. The predicted octanol–water partition coefficient (Wildman–Crippen LogP) is 4.80. The van der Waals surface area contributed by atoms with Gasteiger partial charge in [0.2, 0.25) is 0 Å². The molecule has 7 nitrogen and oxygen atoms in total. The molecule has 1 aliphatic heterocycles. The molecule has 1 saturated heterocycles. The average Bonchev–Trinajstić information content (AvgIpc) is 2.83. The first-order valence-electron chi connectivity index (χ1n) is 10.8. The van der Waals surface area contributed by atoms with Crippen molar-refractivity contribution in [3.63, 3.8) is 0 Å². The van der Waals surface area contributed by atoms with Gasteiger partial charge in [-0.05, 0) is 61.1 Å². The molecule has 0 saturated carbocycles. The molecule has 0 aliphatic carbocycles. The van der Waals surface area contributed by atoms with E-state index in [1.165, 1.54) is 0 Å². The van der Waals surface area contributed by atoms with Crippen LogP contribution in [0.25, 0.3) is 10.8 Å². The molecule has 4 rings (SSSR count). The van der Waals surface area contributed by atoms with E-state index in [1.54, 1.807) is 7.11 Å². The van der Waals surface area contributed by atoms with Gasteiger partial charge >= 0.3 is 0 Å². The summed E-state index contributed by atoms with van der Waals surface area (Å²) >= 11 is 6.25. The van der Waals surface area contributed by atoms with E-state index in [1.807, 2.05) is 36.4 Å². The van der Waals surface area contributed by atoms with E-state index in [-0.39, 0.29) is 19.0 Å². The number of hydrogen-bond acceptors (Lipinski definition) is 7. The number of rotatable bonds is 7. The molecule has 9 heteroatoms. The SMILES string of the molecule is COc1ccc(CNc2nnc(N3CCC(CCO)CC3)c3ccc(C#N)cc23)cc1Cl.Cl. The van der Waals surface area contributed by atoms with Crippen molar-refractivity contribution in [3.05, 3.63) is 52.5 Å². The number of piperidine rings is 1. The molecule has 0 amide bonds. The molecule has 0 unspecified atom stereocenters. The molecule has 2 N–H and O–H groups in total. The zero-order valence-electron chi connectivity index (χ0n) is 18.4. The molecule has 0 bridgehead atoms. The second kappa shape index (κ2) is 11.4. The van der Waals surface area contributed by atoms with Crippen LogP contribution >= 0.6 is 24.0 Å². The van der Waals surface area contributed by atoms with Crippen LogP contribution in [0.2, 0.25) is 5.02 Å². The lowest BCUT2D eigenvalue weighted by Crippen LogP contribution is -2.34. The van der Waals surface area contributed by atoms with E-state index in [0.717, 1.165) is 54.5 Å². The molecule has 2 heterocycles. The smallest absolute Gasteiger partial charge is 0.159 e. The van der Waals surface area contributed by atoms with Gasteiger partial charge in [0.05, 0.1) is 23.8 Å². The van der Waals surface area contributed by atoms with Crippen LogP contribution in [0.4, 0.5) is 11.6 Å². The second-order valence-electron chi connectivity index (χ2n) is 8.01. The number of anilines is 2. The quantitative estimate of drug-likeness (QED) is 0.494. The molecule has 1 fully saturated rings. The Labute approximate surface area is 204 Å². The summed E-state index contributed by atoms with van der Waals surface area (Å²) < 4.78 is 5.21. The lowest BCUT2D eigenvalue weighted by Gasteiger charge is -2.33. The van der Waals surface area contributed by atoms with Crippen molar-refractivity contribution in [1.29, 1.82) is 5.26 Å². The van der Waals surface area contributed by atoms with Gasteiger partial charge in [-0.25, -0.2) is 0 Å². The Kier molecular flexibility index (Phi) is 8.56. The van der Waals surface area contributed by atoms with Crippen molar-refractivity contribution >= 4 is 46.4 Å². The number of aromatic nitrogens is 2. The molecule has 174 valence electrons. The molecule has 33 heavy (non-hydrogen) atoms. The zero-order valence-corrected chi connectivity index (χ0v) is 20.0. The first-order valence-corrected chi connectivity index (χ1v) is 11.1. The Hall–Kier alpha value is -2.79. The van der Waals surface area contributed by atoms with E-state index in [2.05, 4.69) is 26.5 Å². The third-order valence-electron chi connectivity index (χ3n) is 6.02. The number of benzene rings is 2. The van der Waals surface area contributed by atoms with Gasteiger partial charge in [-0.15, -0.1) is 22.6 Å². The summed E-state index contributed by atoms with van der Waals surface area (Å²) in [5, 5.41) is 33.4. The number of methoxy groups -OCH3 is 1. The number of nitrogens with zero attached hydrogens (tertiary/aromatic N) is 4. The van der Waals surface area contributed by atoms with Crippen LogP contribution in [0, 0.1) is 17.2 Å². The van der Waals surface area contributed by atoms with Crippen molar-refractivity contribution in [2.75, 3.05) is 37.0 Å². The van der Waals surface area contributed by atoms with E-state index in [4.69, 9.17) is 16.3 Å². The maximum absolute atomic E-state index is 9.41. The number of ether oxygens (including phenoxy) is 1. The average molecular weight is 488 g/mol. The lowest BCUT2D eigenvalue weighted by atomic mass is 9.94. The Balaban J connectivity index is 0.00000306. The Morgan fingerprint density at radius 2 is 1.97 bits per heavy atom. The van der Waals surface area contributed by atoms with Crippen molar-refractivity contribution in [3.8, 4) is 11.8 Å². The van der Waals surface area contributed by atoms with Crippen LogP contribution in [0.5, 0.6) is 5.75 Å². The molecule has 0 atom stereocenters. The molecule has 3 aromatic rings. The summed E-state index contributed by atoms with van der Waals surface area (Å²) in [6.07, 6.45) is 2.90. The number of nitriles is 1. The van der Waals surface area contributed by atoms with Crippen molar-refractivity contribution in [2.24, 2.45) is 5.92 Å². The normalized spacial score (nSPS) is 13.9. The Morgan fingerprint density at radius 3 is 2.64 bits per heavy atom. The van der Waals surface area contributed by atoms with Crippen LogP contribution in [0.15, 0.2) is 36.4 Å². The van der Waals surface area contributed by atoms with Crippen LogP contribution < -0.4 is 15.0 Å². The standard InChI is InChI=1S/C24H26ClN5O2.ClH/c1-32-22-5-3-18(13-21(22)25)15-27-23-20-12-17(14-26)2-4-19(20)24(29-28-23)30-9-6-16(7-10-30)8-11-31;/h2-5,12-13,16,31H,6-11,15H2,1H3,(H,27,28);1H. The molecular weight excluding hydrogens is 461 g/mol. The maximum Gasteiger partial charge on any atom is 0.159 e. The fraction of sp³-hybridized carbons (Fsp3) is 0.375. The summed E-state index contributed by atoms with van der Waals surface area (Å²) in [6.45, 7) is 2.51. The van der Waals surface area contributed by atoms with Gasteiger partial charge in [-0.1, -0.05) is 17.7 Å². The highest BCUT2D eigenvalue weighted by Crippen LogP contribution is 2.33. The minimum atomic E-state index is 0. The van der Waals surface area contributed by atoms with Crippen molar-refractivity contribution in [1.82, 2.24) is 10.2 Å². The van der Waals surface area contributed by atoms with Gasteiger partial charge in [0.25, 0.3) is 0 Å². The topological polar surface area (TPSA) is 94.3 Å². The minimum absolute atomic E-state index is 0. The molecule has 0 radical (unpaired) electrons. The highest BCUT2D eigenvalue weighted by atomic mass is 35.5. The predicted molar refractivity (Wildman–Crippen MR) is 133 cm³/mol. The first kappa shape index (κ1) is 24.8. The Morgan fingerprint density at radius 1 is 1.18 bits per heavy atom. The number of halogens is 2. The number of hydrogen-bond donors (Lipinski definition) is 2. The summed E-state index contributed by atoms with van der Waals surface area (Å²) in [7, 11) is 1.59. The van der Waals surface area contributed by atoms with E-state index in [0.29, 0.717) is 34.6 Å². The molecule has 2 aromatic carbocycles. The van der Waals surface area contributed by atoms with Gasteiger partial charge in [0.1, 0.15) is 5.75 Å². The molecule has 1 aliphatic rings. The van der Waals surface area contributed by atoms with Crippen LogP contribution in [0.3, 0.4) is 0 Å². The van der Waals surface area contributed by atoms with Crippen LogP contribution in [0.1, 0.15) is 30.4 Å². The molecule has 0 spiro atoms. The van der Waals surface area contributed by atoms with Gasteiger partial charge in [-0.2, -0.15) is 5.26 Å². The van der Waals surface area contributed by atoms with Gasteiger partial charge in [-0.3, -0.25) is 0 Å². The van der Waals surface area contributed by atoms with Crippen molar-refractivity contribution in [2.45, 2.75) is 25.8 Å². The number of fused-ring (bicyclic) bond motifs is 1. The highest BCUT2D eigenvalue weighted by Gasteiger charge is 2.22. The molecule has 1 aromatic heterocycles. The van der Waals surface area contributed by atoms with Crippen molar-refractivity contribution < 1.29 is 9.84 Å². The fourth-order valence-electron chi connectivity index (χ4n) is 4.20. The number of aliphatic hydroxyl groups excluding tert-OH is 1. The highest BCUT2D eigenvalue weighted by molar-refractivity contribution is 6.32. The summed E-state index contributed by atoms with van der Waals surface area (Å²) in [5.74, 6) is 2.65. The monoisotopic (exact) mass is 487 g/mol. The van der Waals surface area contributed by atoms with E-state index in [9.17, 15) is 10.4 Å². The summed E-state index contributed by atoms with van der Waals surface area (Å²) in [5.41, 5.74) is 1.56. The number of aliphatic hydroxyl groups is 1. The van der Waals surface area contributed by atoms with Gasteiger partial charge < -0.3 is 20.1 Å². The number of nitrogens with one attached hydrogen (secondary N) is 1. The summed E-state index contributed by atoms with van der Waals surface area (Å²) in [6, 6.07) is 13.5. The van der Waals surface area contributed by atoms with E-state index >= 15 is 0 Å². The summed E-state index contributed by atoms with van der Waals surface area (Å²) in [4.78, 5) is 2.25. The fourth-order valence-corrected chi connectivity index (χ4v) is 4.48. The van der Waals surface area contributed by atoms with Crippen LogP contribution in [-0.4, -0.2) is 42.1 Å². The second-order valence-corrected chi connectivity index (χ2v) is 8.42. The van der Waals surface area contributed by atoms with Gasteiger partial charge in [0, 0.05) is 37.0 Å². The minimum Gasteiger partial charge on any atom is -0.495 e. The van der Waals surface area contributed by atoms with Gasteiger partial charge in [0.15, 0.2) is 11.6 Å². The van der Waals surface area contributed by atoms with E-state index < -0.39 is 0 Å².